The Balaban J connectivity index is 1.78. The number of nitrogens with zero attached hydrogens (tertiary/aromatic N) is 4. The Bertz CT molecular complexity index is 1660. The number of rotatable bonds is 8. The molecule has 4 rings (SSSR count). The molecule has 0 aliphatic heterocycles. The van der Waals surface area contributed by atoms with Crippen LogP contribution >= 0.6 is 11.6 Å². The molecule has 2 aromatic heterocycles. The van der Waals surface area contributed by atoms with Gasteiger partial charge in [0.15, 0.2) is 5.82 Å². The van der Waals surface area contributed by atoms with Crippen molar-refractivity contribution in [2.24, 2.45) is 10.9 Å². The SMILES string of the molecule is COC(=O)[C@H](C)[C@H](C)n1c(=O)[nH]/c(=N\c2ccc(Oc3ncccc3F)cc2)n(Cc2ccc(Cl)cc2)c1=O. The largest absolute Gasteiger partial charge is 0.469 e. The van der Waals surface area contributed by atoms with Crippen molar-refractivity contribution in [1.82, 2.24) is 19.1 Å². The zero-order chi connectivity index (χ0) is 28.1. The number of aromatic amines is 1. The van der Waals surface area contributed by atoms with Crippen molar-refractivity contribution in [3.8, 4) is 11.6 Å². The third-order valence-corrected chi connectivity index (χ3v) is 6.35. The predicted molar refractivity (Wildman–Crippen MR) is 142 cm³/mol. The summed E-state index contributed by atoms with van der Waals surface area (Å²) in [7, 11) is 1.24. The van der Waals surface area contributed by atoms with E-state index in [9.17, 15) is 18.8 Å². The highest BCUT2D eigenvalue weighted by molar-refractivity contribution is 6.30. The van der Waals surface area contributed by atoms with Crippen LogP contribution in [-0.4, -0.2) is 32.2 Å². The molecule has 4 aromatic rings. The van der Waals surface area contributed by atoms with E-state index in [2.05, 4.69) is 15.0 Å². The van der Waals surface area contributed by atoms with Crippen LogP contribution in [0.4, 0.5) is 10.1 Å². The second-order valence-electron chi connectivity index (χ2n) is 8.67. The standard InChI is InChI=1S/C27H25ClFN5O5/c1-16(24(35)38-3)17(2)34-26(36)32-25(33(27(34)37)15-18-6-8-19(28)9-7-18)31-20-10-12-21(13-11-20)39-23-22(29)5-4-14-30-23/h4-14,16-17H,15H2,1-3H3,(H,31,32,36)/t16-,17+/m1/s1. The van der Waals surface area contributed by atoms with Crippen LogP contribution in [0.3, 0.4) is 0 Å². The lowest BCUT2D eigenvalue weighted by Crippen LogP contribution is -2.52. The lowest BCUT2D eigenvalue weighted by molar-refractivity contribution is -0.146. The van der Waals surface area contributed by atoms with E-state index in [0.717, 1.165) is 10.1 Å². The Morgan fingerprint density at radius 1 is 1.10 bits per heavy atom. The number of esters is 1. The van der Waals surface area contributed by atoms with E-state index in [1.165, 1.54) is 30.0 Å². The van der Waals surface area contributed by atoms with Crippen molar-refractivity contribution in [1.29, 1.82) is 0 Å². The summed E-state index contributed by atoms with van der Waals surface area (Å²) in [5, 5.41) is 0.529. The Morgan fingerprint density at radius 3 is 2.44 bits per heavy atom. The van der Waals surface area contributed by atoms with Crippen LogP contribution < -0.4 is 21.7 Å². The van der Waals surface area contributed by atoms with Gasteiger partial charge in [-0.25, -0.2) is 28.5 Å². The molecule has 0 aliphatic rings. The molecule has 12 heteroatoms. The average Bonchev–Trinajstić information content (AvgIpc) is 2.93. The number of nitrogens with one attached hydrogen (secondary N) is 1. The number of H-pyrrole nitrogens is 1. The van der Waals surface area contributed by atoms with Gasteiger partial charge in [-0.05, 0) is 67.9 Å². The van der Waals surface area contributed by atoms with Crippen molar-refractivity contribution in [3.63, 3.8) is 0 Å². The third kappa shape index (κ3) is 6.32. The maximum atomic E-state index is 13.9. The van der Waals surface area contributed by atoms with Gasteiger partial charge >= 0.3 is 17.3 Å². The minimum atomic E-state index is -0.803. The summed E-state index contributed by atoms with van der Waals surface area (Å²) < 4.78 is 26.4. The molecule has 0 aliphatic carbocycles. The predicted octanol–water partition coefficient (Wildman–Crippen LogP) is 3.97. The topological polar surface area (TPSA) is 121 Å². The first-order valence-electron chi connectivity index (χ1n) is 11.9. The molecule has 2 heterocycles. The van der Waals surface area contributed by atoms with Crippen molar-refractivity contribution in [2.75, 3.05) is 7.11 Å². The molecular formula is C27H25ClFN5O5. The van der Waals surface area contributed by atoms with E-state index in [4.69, 9.17) is 21.1 Å². The van der Waals surface area contributed by atoms with Crippen LogP contribution in [0.1, 0.15) is 25.5 Å². The van der Waals surface area contributed by atoms with E-state index in [0.29, 0.717) is 16.5 Å². The van der Waals surface area contributed by atoms with Gasteiger partial charge in [0.1, 0.15) is 5.75 Å². The Labute approximate surface area is 227 Å². The Kier molecular flexibility index (Phi) is 8.40. The van der Waals surface area contributed by atoms with Crippen LogP contribution in [-0.2, 0) is 16.1 Å². The molecule has 0 unspecified atom stereocenters. The number of benzene rings is 2. The molecule has 0 saturated heterocycles. The monoisotopic (exact) mass is 553 g/mol. The summed E-state index contributed by atoms with van der Waals surface area (Å²) >= 11 is 6.01. The first-order chi connectivity index (χ1) is 18.7. The summed E-state index contributed by atoms with van der Waals surface area (Å²) in [4.78, 5) is 49.8. The van der Waals surface area contributed by atoms with Crippen LogP contribution in [0.2, 0.25) is 5.02 Å². The number of carbonyl (C=O) groups is 1. The van der Waals surface area contributed by atoms with Crippen LogP contribution in [0.15, 0.2) is 81.4 Å². The van der Waals surface area contributed by atoms with E-state index in [1.807, 2.05) is 0 Å². The minimum absolute atomic E-state index is 0.0152. The average molecular weight is 554 g/mol. The van der Waals surface area contributed by atoms with Crippen molar-refractivity contribution < 1.29 is 18.7 Å². The van der Waals surface area contributed by atoms with E-state index < -0.39 is 35.1 Å². The molecule has 0 fully saturated rings. The smallest absolute Gasteiger partial charge is 0.335 e. The fourth-order valence-electron chi connectivity index (χ4n) is 3.77. The van der Waals surface area contributed by atoms with Crippen LogP contribution in [0.5, 0.6) is 11.6 Å². The number of hydrogen-bond donors (Lipinski definition) is 1. The molecule has 0 bridgehead atoms. The van der Waals surface area contributed by atoms with E-state index >= 15 is 0 Å². The summed E-state index contributed by atoms with van der Waals surface area (Å²) in [5.74, 6) is -1.79. The third-order valence-electron chi connectivity index (χ3n) is 6.10. The molecule has 0 saturated carbocycles. The van der Waals surface area contributed by atoms with Crippen LogP contribution in [0.25, 0.3) is 0 Å². The molecule has 39 heavy (non-hydrogen) atoms. The van der Waals surface area contributed by atoms with Gasteiger partial charge in [-0.3, -0.25) is 14.3 Å². The molecule has 0 amide bonds. The highest BCUT2D eigenvalue weighted by Gasteiger charge is 2.26. The van der Waals surface area contributed by atoms with E-state index in [-0.39, 0.29) is 18.0 Å². The van der Waals surface area contributed by atoms with Crippen molar-refractivity contribution in [2.45, 2.75) is 26.4 Å². The van der Waals surface area contributed by atoms with E-state index in [1.54, 1.807) is 62.4 Å². The number of halogens is 2. The summed E-state index contributed by atoms with van der Waals surface area (Å²) in [5.41, 5.74) is -0.302. The van der Waals surface area contributed by atoms with Crippen LogP contribution in [0, 0.1) is 11.7 Å². The van der Waals surface area contributed by atoms with Gasteiger partial charge in [0.05, 0.1) is 31.3 Å². The van der Waals surface area contributed by atoms with Gasteiger partial charge in [0.2, 0.25) is 5.62 Å². The minimum Gasteiger partial charge on any atom is -0.469 e. The quantitative estimate of drug-likeness (QED) is 0.330. The fourth-order valence-corrected chi connectivity index (χ4v) is 3.89. The molecule has 2 atom stereocenters. The number of hydrogen-bond acceptors (Lipinski definition) is 7. The lowest BCUT2D eigenvalue weighted by Gasteiger charge is -2.20. The number of pyridine rings is 1. The van der Waals surface area contributed by atoms with Crippen molar-refractivity contribution >= 4 is 23.3 Å². The van der Waals surface area contributed by atoms with Gasteiger partial charge in [0.25, 0.3) is 5.88 Å². The number of carbonyl (C=O) groups excluding carboxylic acids is 1. The van der Waals surface area contributed by atoms with Gasteiger partial charge in [-0.15, -0.1) is 0 Å². The normalized spacial score (nSPS) is 13.1. The molecule has 10 nitrogen and oxygen atoms in total. The number of aromatic nitrogens is 4. The van der Waals surface area contributed by atoms with Gasteiger partial charge in [-0.1, -0.05) is 23.7 Å². The van der Waals surface area contributed by atoms with Crippen molar-refractivity contribution in [3.05, 3.63) is 110 Å². The second-order valence-corrected chi connectivity index (χ2v) is 9.11. The summed E-state index contributed by atoms with van der Waals surface area (Å²) in [6.07, 6.45) is 1.41. The maximum Gasteiger partial charge on any atom is 0.335 e. The Morgan fingerprint density at radius 2 is 1.79 bits per heavy atom. The zero-order valence-electron chi connectivity index (χ0n) is 21.3. The maximum absolute atomic E-state index is 13.9. The molecule has 1 N–H and O–H groups in total. The van der Waals surface area contributed by atoms with Gasteiger partial charge < -0.3 is 9.47 Å². The Hall–Kier alpha value is -4.51. The second kappa shape index (κ2) is 11.9. The fraction of sp³-hybridized carbons (Fsp3) is 0.222. The van der Waals surface area contributed by atoms with Gasteiger partial charge in [0, 0.05) is 11.2 Å². The molecule has 0 radical (unpaired) electrons. The summed E-state index contributed by atoms with van der Waals surface area (Å²) in [6, 6.07) is 15.0. The van der Waals surface area contributed by atoms with Gasteiger partial charge in [-0.2, -0.15) is 0 Å². The molecule has 202 valence electrons. The molecule has 0 spiro atoms. The highest BCUT2D eigenvalue weighted by atomic mass is 35.5. The highest BCUT2D eigenvalue weighted by Crippen LogP contribution is 2.24. The molecular weight excluding hydrogens is 529 g/mol. The number of methoxy groups -OCH3 is 1. The first-order valence-corrected chi connectivity index (χ1v) is 12.3. The summed E-state index contributed by atoms with van der Waals surface area (Å²) in [6.45, 7) is 3.22. The number of ether oxygens (including phenoxy) is 2. The zero-order valence-corrected chi connectivity index (χ0v) is 22.1. The molecule has 2 aromatic carbocycles. The lowest BCUT2D eigenvalue weighted by atomic mass is 10.0. The first kappa shape index (κ1) is 27.5.